The quantitative estimate of drug-likeness (QED) is 0.802. The van der Waals surface area contributed by atoms with E-state index < -0.39 is 0 Å². The van der Waals surface area contributed by atoms with E-state index in [2.05, 4.69) is 5.32 Å². The maximum absolute atomic E-state index is 12.4. The minimum atomic E-state index is -0.233. The Morgan fingerprint density at radius 3 is 3.04 bits per heavy atom. The third kappa shape index (κ3) is 2.56. The van der Waals surface area contributed by atoms with E-state index in [1.165, 1.54) is 10.8 Å². The number of rotatable bonds is 3. The fourth-order valence-electron chi connectivity index (χ4n) is 3.02. The van der Waals surface area contributed by atoms with Gasteiger partial charge in [0.1, 0.15) is 17.9 Å². The normalized spacial score (nSPS) is 16.4. The molecule has 0 fully saturated rings. The molecule has 0 saturated heterocycles. The summed E-state index contributed by atoms with van der Waals surface area (Å²) in [7, 11) is 0. The molecular weight excluding hydrogens is 308 g/mol. The molecule has 0 saturated carbocycles. The smallest absolute Gasteiger partial charge is 0.262 e. The predicted octanol–water partition coefficient (Wildman–Crippen LogP) is 2.23. The molecule has 2 aromatic heterocycles. The topological polar surface area (TPSA) is 73.5 Å². The molecule has 0 unspecified atom stereocenters. The third-order valence-electron chi connectivity index (χ3n) is 4.20. The first-order valence-corrected chi connectivity index (χ1v) is 7.80. The highest BCUT2D eigenvalue weighted by molar-refractivity contribution is 5.78. The van der Waals surface area contributed by atoms with Crippen molar-refractivity contribution in [3.05, 3.63) is 64.8 Å². The molecule has 0 bridgehead atoms. The maximum atomic E-state index is 12.4. The first kappa shape index (κ1) is 14.6. The van der Waals surface area contributed by atoms with Crippen LogP contribution in [-0.2, 0) is 11.3 Å². The van der Waals surface area contributed by atoms with Crippen LogP contribution < -0.4 is 15.6 Å². The summed E-state index contributed by atoms with van der Waals surface area (Å²) in [6.45, 7) is 0.530. The van der Waals surface area contributed by atoms with Crippen molar-refractivity contribution < 1.29 is 13.9 Å². The molecule has 1 aromatic carbocycles. The average molecular weight is 324 g/mol. The van der Waals surface area contributed by atoms with Gasteiger partial charge in [0, 0.05) is 18.2 Å². The van der Waals surface area contributed by atoms with Crippen LogP contribution in [0.5, 0.6) is 5.75 Å². The van der Waals surface area contributed by atoms with Gasteiger partial charge in [-0.15, -0.1) is 0 Å². The molecule has 24 heavy (non-hydrogen) atoms. The summed E-state index contributed by atoms with van der Waals surface area (Å²) in [4.78, 5) is 24.7. The number of hydrogen-bond acceptors (Lipinski definition) is 4. The summed E-state index contributed by atoms with van der Waals surface area (Å²) in [5, 5.41) is 3.46. The number of hydrogen-bond donors (Lipinski definition) is 1. The predicted molar refractivity (Wildman–Crippen MR) is 87.9 cm³/mol. The lowest BCUT2D eigenvalue weighted by Crippen LogP contribution is -2.36. The highest BCUT2D eigenvalue weighted by atomic mass is 16.5. The Kier molecular flexibility index (Phi) is 3.57. The van der Waals surface area contributed by atoms with E-state index in [-0.39, 0.29) is 24.1 Å². The number of nitrogens with one attached hydrogen (secondary N) is 1. The van der Waals surface area contributed by atoms with Gasteiger partial charge < -0.3 is 19.0 Å². The van der Waals surface area contributed by atoms with Crippen LogP contribution in [0.1, 0.15) is 18.0 Å². The van der Waals surface area contributed by atoms with Gasteiger partial charge in [-0.1, -0.05) is 18.2 Å². The van der Waals surface area contributed by atoms with E-state index in [9.17, 15) is 9.59 Å². The summed E-state index contributed by atoms with van der Waals surface area (Å²) in [6.07, 6.45) is 3.75. The molecule has 1 atom stereocenters. The van der Waals surface area contributed by atoms with E-state index >= 15 is 0 Å². The summed E-state index contributed by atoms with van der Waals surface area (Å²) in [5.41, 5.74) is 1.26. The lowest BCUT2D eigenvalue weighted by molar-refractivity contribution is -0.122. The van der Waals surface area contributed by atoms with Crippen molar-refractivity contribution in [3.63, 3.8) is 0 Å². The Morgan fingerprint density at radius 2 is 2.12 bits per heavy atom. The number of aromatic nitrogens is 1. The van der Waals surface area contributed by atoms with Gasteiger partial charge in [0.05, 0.1) is 24.3 Å². The van der Waals surface area contributed by atoms with Crippen molar-refractivity contribution in [1.29, 1.82) is 0 Å². The summed E-state index contributed by atoms with van der Waals surface area (Å²) in [5.74, 6) is 0.590. The van der Waals surface area contributed by atoms with Crippen LogP contribution in [0.2, 0.25) is 0 Å². The lowest BCUT2D eigenvalue weighted by Gasteiger charge is -2.26. The van der Waals surface area contributed by atoms with Gasteiger partial charge in [0.15, 0.2) is 0 Å². The van der Waals surface area contributed by atoms with Gasteiger partial charge in [0.2, 0.25) is 5.91 Å². The Labute approximate surface area is 137 Å². The van der Waals surface area contributed by atoms with Gasteiger partial charge in [0.25, 0.3) is 5.56 Å². The largest absolute Gasteiger partial charge is 0.493 e. The second-order valence-electron chi connectivity index (χ2n) is 5.74. The minimum Gasteiger partial charge on any atom is -0.493 e. The summed E-state index contributed by atoms with van der Waals surface area (Å²) in [6, 6.07) is 10.9. The number of pyridine rings is 1. The summed E-state index contributed by atoms with van der Waals surface area (Å²) < 4.78 is 12.2. The van der Waals surface area contributed by atoms with Gasteiger partial charge in [-0.2, -0.15) is 0 Å². The van der Waals surface area contributed by atoms with Crippen molar-refractivity contribution in [2.75, 3.05) is 6.61 Å². The molecule has 6 heteroatoms. The third-order valence-corrected chi connectivity index (χ3v) is 4.20. The molecule has 0 spiro atoms. The first-order chi connectivity index (χ1) is 11.7. The van der Waals surface area contributed by atoms with Crippen molar-refractivity contribution in [3.8, 4) is 5.75 Å². The number of fused-ring (bicyclic) bond motifs is 2. The molecule has 0 radical (unpaired) electrons. The van der Waals surface area contributed by atoms with E-state index in [0.717, 1.165) is 11.3 Å². The van der Waals surface area contributed by atoms with Crippen molar-refractivity contribution in [2.45, 2.75) is 19.0 Å². The fourth-order valence-corrected chi connectivity index (χ4v) is 3.02. The number of nitrogens with zero attached hydrogens (tertiary/aromatic N) is 1. The van der Waals surface area contributed by atoms with E-state index in [0.29, 0.717) is 24.0 Å². The Morgan fingerprint density at radius 1 is 1.25 bits per heavy atom. The molecule has 4 rings (SSSR count). The van der Waals surface area contributed by atoms with Crippen LogP contribution in [-0.4, -0.2) is 17.1 Å². The van der Waals surface area contributed by atoms with Gasteiger partial charge in [-0.25, -0.2) is 0 Å². The number of carbonyl (C=O) groups is 1. The minimum absolute atomic E-state index is 0.0283. The number of para-hydroxylation sites is 1. The van der Waals surface area contributed by atoms with E-state index in [1.807, 2.05) is 24.3 Å². The number of benzene rings is 1. The zero-order valence-corrected chi connectivity index (χ0v) is 12.9. The molecule has 6 nitrogen and oxygen atoms in total. The molecule has 1 aliphatic rings. The molecule has 122 valence electrons. The lowest BCUT2D eigenvalue weighted by atomic mass is 10.0. The Bertz CT molecular complexity index is 957. The Hall–Kier alpha value is -3.02. The standard InChI is InChI=1S/C18H16N2O4/c21-17(11-20-8-5-16-13(18(20)22)6-9-23-16)19-14-7-10-24-15-4-2-1-3-12(14)15/h1-6,8-9,14H,7,10-11H2,(H,19,21)/t14-/m0/s1. The maximum Gasteiger partial charge on any atom is 0.262 e. The van der Waals surface area contributed by atoms with Crippen LogP contribution in [0, 0.1) is 0 Å². The van der Waals surface area contributed by atoms with Crippen LogP contribution in [0.25, 0.3) is 11.0 Å². The summed E-state index contributed by atoms with van der Waals surface area (Å²) >= 11 is 0. The number of carbonyl (C=O) groups excluding carboxylic acids is 1. The molecule has 0 aliphatic carbocycles. The highest BCUT2D eigenvalue weighted by Crippen LogP contribution is 2.31. The average Bonchev–Trinajstić information content (AvgIpc) is 3.07. The zero-order chi connectivity index (χ0) is 16.5. The van der Waals surface area contributed by atoms with E-state index in [1.54, 1.807) is 18.3 Å². The van der Waals surface area contributed by atoms with Crippen molar-refractivity contribution >= 4 is 16.9 Å². The first-order valence-electron chi connectivity index (χ1n) is 7.80. The van der Waals surface area contributed by atoms with Crippen LogP contribution in [0.3, 0.4) is 0 Å². The van der Waals surface area contributed by atoms with Crippen LogP contribution >= 0.6 is 0 Å². The monoisotopic (exact) mass is 324 g/mol. The molecule has 1 aliphatic heterocycles. The second kappa shape index (κ2) is 5.88. The van der Waals surface area contributed by atoms with Gasteiger partial charge >= 0.3 is 0 Å². The van der Waals surface area contributed by atoms with Crippen molar-refractivity contribution in [2.24, 2.45) is 0 Å². The van der Waals surface area contributed by atoms with Crippen molar-refractivity contribution in [1.82, 2.24) is 9.88 Å². The number of amides is 1. The zero-order valence-electron chi connectivity index (χ0n) is 12.9. The molecule has 3 heterocycles. The Balaban J connectivity index is 1.53. The highest BCUT2D eigenvalue weighted by Gasteiger charge is 2.22. The van der Waals surface area contributed by atoms with Crippen LogP contribution in [0.4, 0.5) is 0 Å². The molecule has 1 N–H and O–H groups in total. The molecule has 3 aromatic rings. The number of ether oxygens (including phenoxy) is 1. The molecule has 1 amide bonds. The SMILES string of the molecule is O=C(Cn1ccc2occc2c1=O)N[C@H]1CCOc2ccccc21. The van der Waals surface area contributed by atoms with Crippen LogP contribution in [0.15, 0.2) is 58.1 Å². The second-order valence-corrected chi connectivity index (χ2v) is 5.74. The number of furan rings is 1. The molecular formula is C18H16N2O4. The van der Waals surface area contributed by atoms with Gasteiger partial charge in [-0.3, -0.25) is 9.59 Å². The van der Waals surface area contributed by atoms with Gasteiger partial charge in [-0.05, 0) is 18.2 Å². The fraction of sp³-hybridized carbons (Fsp3) is 0.222. The van der Waals surface area contributed by atoms with E-state index in [4.69, 9.17) is 9.15 Å².